The van der Waals surface area contributed by atoms with Crippen LogP contribution in [0.1, 0.15) is 0 Å². The fraction of sp³-hybridized carbons (Fsp3) is 0.259. The van der Waals surface area contributed by atoms with E-state index in [4.69, 9.17) is 4.74 Å². The van der Waals surface area contributed by atoms with E-state index in [2.05, 4.69) is 61.5 Å². The lowest BCUT2D eigenvalue weighted by Crippen LogP contribution is -2.38. The van der Waals surface area contributed by atoms with E-state index in [1.165, 1.54) is 0 Å². The van der Waals surface area contributed by atoms with Crippen molar-refractivity contribution in [3.63, 3.8) is 0 Å². The number of hydrogen-bond donors (Lipinski definition) is 3. The Morgan fingerprint density at radius 2 is 1.83 bits per heavy atom. The Balaban J connectivity index is 1.37. The Labute approximate surface area is 249 Å². The molecule has 0 saturated carbocycles. The molecule has 15 heteroatoms. The maximum atomic E-state index is 13.3. The number of hydrogen-bond acceptors (Lipinski definition) is 11. The summed E-state index contributed by atoms with van der Waals surface area (Å²) in [5.74, 6) is 1.32. The predicted molar refractivity (Wildman–Crippen MR) is 167 cm³/mol. The van der Waals surface area contributed by atoms with Gasteiger partial charge in [0.1, 0.15) is 30.0 Å². The number of nitrogens with zero attached hydrogens (tertiary/aromatic N) is 7. The highest BCUT2D eigenvalue weighted by Gasteiger charge is 2.23. The highest BCUT2D eigenvalue weighted by atomic mass is 79.9. The number of pyridine rings is 1. The third-order valence-electron chi connectivity index (χ3n) is 6.76. The molecule has 0 amide bonds. The van der Waals surface area contributed by atoms with Crippen LogP contribution in [0.25, 0.3) is 22.2 Å². The molecule has 5 heterocycles. The SMILES string of the molecule is Cn1cc(-c2cc(Nc3ncc(Br)c(Nc4ccc5nccnc5c4P(C)(C)=O)n3)c(=O)[nH]c2N2CCOCC2)cn1. The molecule has 5 aromatic rings. The molecule has 0 unspecified atom stereocenters. The number of aromatic nitrogens is 7. The lowest BCUT2D eigenvalue weighted by atomic mass is 10.1. The van der Waals surface area contributed by atoms with Crippen molar-refractivity contribution in [2.45, 2.75) is 0 Å². The normalized spacial score (nSPS) is 13.9. The molecule has 216 valence electrons. The zero-order valence-electron chi connectivity index (χ0n) is 23.1. The van der Waals surface area contributed by atoms with Crippen LogP contribution in [0, 0.1) is 0 Å². The highest BCUT2D eigenvalue weighted by Crippen LogP contribution is 2.41. The van der Waals surface area contributed by atoms with Crippen molar-refractivity contribution in [2.24, 2.45) is 7.05 Å². The first-order valence-electron chi connectivity index (χ1n) is 13.1. The molecule has 1 aliphatic heterocycles. The highest BCUT2D eigenvalue weighted by molar-refractivity contribution is 9.10. The quantitative estimate of drug-likeness (QED) is 0.220. The number of aryl methyl sites for hydroxylation is 1. The van der Waals surface area contributed by atoms with Crippen molar-refractivity contribution in [3.8, 4) is 11.1 Å². The predicted octanol–water partition coefficient (Wildman–Crippen LogP) is 3.84. The van der Waals surface area contributed by atoms with Crippen LogP contribution < -0.4 is 26.4 Å². The van der Waals surface area contributed by atoms with Gasteiger partial charge in [0.15, 0.2) is 0 Å². The minimum Gasteiger partial charge on any atom is -0.378 e. The second kappa shape index (κ2) is 11.3. The van der Waals surface area contributed by atoms with E-state index in [-0.39, 0.29) is 17.2 Å². The van der Waals surface area contributed by atoms with Crippen LogP contribution in [0.4, 0.5) is 29.0 Å². The van der Waals surface area contributed by atoms with Gasteiger partial charge >= 0.3 is 0 Å². The van der Waals surface area contributed by atoms with Crippen LogP contribution >= 0.6 is 23.1 Å². The second-order valence-corrected chi connectivity index (χ2v) is 14.2. The van der Waals surface area contributed by atoms with E-state index in [9.17, 15) is 9.36 Å². The van der Waals surface area contributed by atoms with E-state index >= 15 is 0 Å². The van der Waals surface area contributed by atoms with Crippen molar-refractivity contribution in [3.05, 3.63) is 64.0 Å². The summed E-state index contributed by atoms with van der Waals surface area (Å²) in [6.45, 7) is 5.85. The lowest BCUT2D eigenvalue weighted by molar-refractivity contribution is 0.122. The molecule has 0 bridgehead atoms. The molecule has 42 heavy (non-hydrogen) atoms. The second-order valence-electron chi connectivity index (χ2n) is 10.2. The number of aromatic amines is 1. The molecule has 0 atom stereocenters. The Morgan fingerprint density at radius 1 is 1.05 bits per heavy atom. The smallest absolute Gasteiger partial charge is 0.273 e. The van der Waals surface area contributed by atoms with Crippen molar-refractivity contribution >= 4 is 68.4 Å². The Bertz CT molecular complexity index is 1900. The average Bonchev–Trinajstić information content (AvgIpc) is 3.41. The summed E-state index contributed by atoms with van der Waals surface area (Å²) in [5.41, 5.74) is 3.42. The van der Waals surface area contributed by atoms with Crippen LogP contribution in [0.3, 0.4) is 0 Å². The summed E-state index contributed by atoms with van der Waals surface area (Å²) in [6.07, 6.45) is 8.41. The molecular formula is C27H28BrN10O3P. The molecule has 0 radical (unpaired) electrons. The minimum atomic E-state index is -2.78. The number of morpholine rings is 1. The zero-order valence-corrected chi connectivity index (χ0v) is 25.6. The van der Waals surface area contributed by atoms with Gasteiger partial charge in [-0.2, -0.15) is 10.1 Å². The maximum absolute atomic E-state index is 13.3. The van der Waals surface area contributed by atoms with Gasteiger partial charge in [-0.05, 0) is 47.5 Å². The van der Waals surface area contributed by atoms with Gasteiger partial charge in [-0.1, -0.05) is 0 Å². The van der Waals surface area contributed by atoms with Crippen LogP contribution in [0.5, 0.6) is 0 Å². The van der Waals surface area contributed by atoms with Crippen LogP contribution in [-0.2, 0) is 16.3 Å². The molecule has 13 nitrogen and oxygen atoms in total. The van der Waals surface area contributed by atoms with Crippen molar-refractivity contribution in [2.75, 3.05) is 55.2 Å². The summed E-state index contributed by atoms with van der Waals surface area (Å²) in [4.78, 5) is 36.2. The standard InChI is InChI=1S/C27H28BrN10O3P/c1-37-15-16(13-32-37)17-12-21(26(39)36-25(17)38-8-10-41-11-9-38)34-27-31-14-18(28)24(35-27)33-20-5-4-19-22(30-7-6-29-19)23(20)42(2,3)40/h4-7,12-15H,8-11H2,1-3H3,(H,36,39)(H2,31,33,34,35). The Morgan fingerprint density at radius 3 is 2.57 bits per heavy atom. The number of halogens is 1. The van der Waals surface area contributed by atoms with Crippen molar-refractivity contribution in [1.29, 1.82) is 0 Å². The van der Waals surface area contributed by atoms with E-state index in [1.54, 1.807) is 48.9 Å². The molecule has 0 spiro atoms. The van der Waals surface area contributed by atoms with Gasteiger partial charge < -0.3 is 29.8 Å². The summed E-state index contributed by atoms with van der Waals surface area (Å²) >= 11 is 3.51. The van der Waals surface area contributed by atoms with Crippen LogP contribution in [-0.4, -0.2) is 74.3 Å². The third kappa shape index (κ3) is 5.65. The first-order valence-corrected chi connectivity index (χ1v) is 16.5. The van der Waals surface area contributed by atoms with Crippen molar-refractivity contribution in [1.82, 2.24) is 34.7 Å². The van der Waals surface area contributed by atoms with E-state index in [0.29, 0.717) is 64.4 Å². The van der Waals surface area contributed by atoms with Gasteiger partial charge in [0.25, 0.3) is 5.56 Å². The molecule has 1 saturated heterocycles. The summed E-state index contributed by atoms with van der Waals surface area (Å²) in [6, 6.07) is 5.40. The number of benzene rings is 1. The molecule has 1 aromatic carbocycles. The van der Waals surface area contributed by atoms with Gasteiger partial charge in [0, 0.05) is 56.1 Å². The fourth-order valence-electron chi connectivity index (χ4n) is 4.86. The lowest BCUT2D eigenvalue weighted by Gasteiger charge is -2.30. The molecule has 4 aromatic heterocycles. The first-order chi connectivity index (χ1) is 20.2. The number of rotatable bonds is 7. The van der Waals surface area contributed by atoms with E-state index in [0.717, 1.165) is 11.1 Å². The Kier molecular flexibility index (Phi) is 7.52. The molecule has 1 aliphatic rings. The van der Waals surface area contributed by atoms with Gasteiger partial charge in [-0.15, -0.1) is 0 Å². The molecule has 3 N–H and O–H groups in total. The Hall–Kier alpha value is -4.13. The zero-order chi connectivity index (χ0) is 29.4. The largest absolute Gasteiger partial charge is 0.378 e. The summed E-state index contributed by atoms with van der Waals surface area (Å²) < 4.78 is 21.1. The summed E-state index contributed by atoms with van der Waals surface area (Å²) in [7, 11) is -0.936. The number of fused-ring (bicyclic) bond motifs is 1. The monoisotopic (exact) mass is 650 g/mol. The van der Waals surface area contributed by atoms with Gasteiger partial charge in [0.2, 0.25) is 5.95 Å². The topological polar surface area (TPSA) is 156 Å². The van der Waals surface area contributed by atoms with E-state index < -0.39 is 7.14 Å². The molecule has 6 rings (SSSR count). The third-order valence-corrected chi connectivity index (χ3v) is 8.87. The first kappa shape index (κ1) is 28.0. The number of anilines is 5. The summed E-state index contributed by atoms with van der Waals surface area (Å²) in [5, 5.41) is 11.2. The maximum Gasteiger partial charge on any atom is 0.273 e. The number of ether oxygens (including phenoxy) is 1. The molecule has 1 fully saturated rings. The van der Waals surface area contributed by atoms with E-state index in [1.807, 2.05) is 25.4 Å². The van der Waals surface area contributed by atoms with Crippen LogP contribution in [0.2, 0.25) is 0 Å². The van der Waals surface area contributed by atoms with Crippen molar-refractivity contribution < 1.29 is 9.30 Å². The number of H-pyrrole nitrogens is 1. The minimum absolute atomic E-state index is 0.195. The van der Waals surface area contributed by atoms with Gasteiger partial charge in [0.05, 0.1) is 40.4 Å². The fourth-order valence-corrected chi connectivity index (χ4v) is 6.54. The van der Waals surface area contributed by atoms with Gasteiger partial charge in [-0.3, -0.25) is 19.4 Å². The average molecular weight is 651 g/mol. The van der Waals surface area contributed by atoms with Crippen LogP contribution in [0.15, 0.2) is 58.5 Å². The molecular weight excluding hydrogens is 623 g/mol. The molecule has 0 aliphatic carbocycles. The van der Waals surface area contributed by atoms with Gasteiger partial charge in [-0.25, -0.2) is 4.98 Å². The number of nitrogens with one attached hydrogen (secondary N) is 3.